The van der Waals surface area contributed by atoms with Crippen LogP contribution in [-0.2, 0) is 9.59 Å². The standard InChI is InChI=1S/C14H28N4O2/c1-4-7-15-13(19)10-16-12-5-8-18(9-6-12)11-14(20)17(2)3/h12,16H,4-11H2,1-3H3,(H,15,19). The predicted octanol–water partition coefficient (Wildman–Crippen LogP) is -0.345. The monoisotopic (exact) mass is 284 g/mol. The van der Waals surface area contributed by atoms with E-state index in [1.807, 2.05) is 6.92 Å². The van der Waals surface area contributed by atoms with Crippen LogP contribution < -0.4 is 10.6 Å². The van der Waals surface area contributed by atoms with Crippen molar-refractivity contribution in [2.45, 2.75) is 32.2 Å². The lowest BCUT2D eigenvalue weighted by Gasteiger charge is -2.32. The molecule has 0 aromatic carbocycles. The maximum atomic E-state index is 11.6. The Hall–Kier alpha value is -1.14. The van der Waals surface area contributed by atoms with Crippen molar-refractivity contribution in [1.82, 2.24) is 20.4 Å². The van der Waals surface area contributed by atoms with Crippen molar-refractivity contribution in [3.63, 3.8) is 0 Å². The number of nitrogens with zero attached hydrogens (tertiary/aromatic N) is 2. The Kier molecular flexibility index (Phi) is 7.54. The zero-order valence-corrected chi connectivity index (χ0v) is 12.9. The van der Waals surface area contributed by atoms with E-state index in [-0.39, 0.29) is 11.8 Å². The third kappa shape index (κ3) is 6.34. The van der Waals surface area contributed by atoms with E-state index in [0.29, 0.717) is 19.1 Å². The first-order valence-corrected chi connectivity index (χ1v) is 7.45. The highest BCUT2D eigenvalue weighted by Gasteiger charge is 2.21. The molecule has 1 saturated heterocycles. The van der Waals surface area contributed by atoms with Gasteiger partial charge in [-0.15, -0.1) is 0 Å². The Morgan fingerprint density at radius 2 is 1.90 bits per heavy atom. The van der Waals surface area contributed by atoms with Crippen LogP contribution in [0.3, 0.4) is 0 Å². The van der Waals surface area contributed by atoms with Gasteiger partial charge in [0.1, 0.15) is 0 Å². The summed E-state index contributed by atoms with van der Waals surface area (Å²) in [6, 6.07) is 0.382. The molecule has 0 atom stereocenters. The van der Waals surface area contributed by atoms with E-state index in [4.69, 9.17) is 0 Å². The van der Waals surface area contributed by atoms with Crippen molar-refractivity contribution in [3.05, 3.63) is 0 Å². The zero-order chi connectivity index (χ0) is 15.0. The fourth-order valence-corrected chi connectivity index (χ4v) is 2.19. The second-order valence-corrected chi connectivity index (χ2v) is 5.57. The molecule has 1 heterocycles. The maximum absolute atomic E-state index is 11.6. The van der Waals surface area contributed by atoms with Crippen molar-refractivity contribution in [2.75, 3.05) is 46.8 Å². The predicted molar refractivity (Wildman–Crippen MR) is 79.5 cm³/mol. The smallest absolute Gasteiger partial charge is 0.236 e. The summed E-state index contributed by atoms with van der Waals surface area (Å²) in [5.41, 5.74) is 0. The van der Waals surface area contributed by atoms with Crippen LogP contribution in [0.1, 0.15) is 26.2 Å². The Bertz CT molecular complexity index is 312. The highest BCUT2D eigenvalue weighted by atomic mass is 16.2. The molecule has 0 spiro atoms. The van der Waals surface area contributed by atoms with Crippen LogP contribution in [0.2, 0.25) is 0 Å². The van der Waals surface area contributed by atoms with Crippen molar-refractivity contribution in [3.8, 4) is 0 Å². The Balaban J connectivity index is 2.16. The summed E-state index contributed by atoms with van der Waals surface area (Å²) >= 11 is 0. The minimum Gasteiger partial charge on any atom is -0.355 e. The molecule has 1 rings (SSSR count). The maximum Gasteiger partial charge on any atom is 0.236 e. The number of rotatable bonds is 7. The molecule has 2 N–H and O–H groups in total. The molecule has 116 valence electrons. The van der Waals surface area contributed by atoms with Crippen molar-refractivity contribution in [2.24, 2.45) is 0 Å². The van der Waals surface area contributed by atoms with Crippen LogP contribution in [0.5, 0.6) is 0 Å². The molecule has 0 aromatic rings. The Morgan fingerprint density at radius 1 is 1.25 bits per heavy atom. The zero-order valence-electron chi connectivity index (χ0n) is 12.9. The summed E-state index contributed by atoms with van der Waals surface area (Å²) in [4.78, 5) is 26.9. The van der Waals surface area contributed by atoms with Crippen molar-refractivity contribution < 1.29 is 9.59 Å². The molecule has 6 nitrogen and oxygen atoms in total. The number of piperidine rings is 1. The molecule has 1 aliphatic heterocycles. The summed E-state index contributed by atoms with van der Waals surface area (Å²) in [5, 5.41) is 6.15. The molecular formula is C14H28N4O2. The summed E-state index contributed by atoms with van der Waals surface area (Å²) in [6.07, 6.45) is 2.94. The van der Waals surface area contributed by atoms with Gasteiger partial charge in [0.15, 0.2) is 0 Å². The molecule has 0 aromatic heterocycles. The van der Waals surface area contributed by atoms with E-state index in [1.165, 1.54) is 0 Å². The number of likely N-dealkylation sites (tertiary alicyclic amines) is 1. The van der Waals surface area contributed by atoms with Crippen molar-refractivity contribution >= 4 is 11.8 Å². The second kappa shape index (κ2) is 8.92. The van der Waals surface area contributed by atoms with Gasteiger partial charge in [0.2, 0.25) is 11.8 Å². The van der Waals surface area contributed by atoms with Crippen LogP contribution in [0.4, 0.5) is 0 Å². The number of carbonyl (C=O) groups is 2. The van der Waals surface area contributed by atoms with Crippen LogP contribution in [0.25, 0.3) is 0 Å². The van der Waals surface area contributed by atoms with Gasteiger partial charge in [-0.3, -0.25) is 14.5 Å². The number of nitrogens with one attached hydrogen (secondary N) is 2. The highest BCUT2D eigenvalue weighted by Crippen LogP contribution is 2.09. The molecule has 0 radical (unpaired) electrons. The molecule has 0 bridgehead atoms. The number of likely N-dealkylation sites (N-methyl/N-ethyl adjacent to an activating group) is 1. The molecule has 0 unspecified atom stereocenters. The summed E-state index contributed by atoms with van der Waals surface area (Å²) in [6.45, 7) is 5.49. The van der Waals surface area contributed by atoms with Gasteiger partial charge in [-0.2, -0.15) is 0 Å². The first kappa shape index (κ1) is 16.9. The summed E-state index contributed by atoms with van der Waals surface area (Å²) in [7, 11) is 3.57. The third-order valence-corrected chi connectivity index (χ3v) is 3.57. The van der Waals surface area contributed by atoms with E-state index in [2.05, 4.69) is 15.5 Å². The summed E-state index contributed by atoms with van der Waals surface area (Å²) in [5.74, 6) is 0.215. The molecule has 0 saturated carbocycles. The van der Waals surface area contributed by atoms with Gasteiger partial charge < -0.3 is 15.5 Å². The minimum absolute atomic E-state index is 0.0667. The average Bonchev–Trinajstić information content (AvgIpc) is 2.44. The summed E-state index contributed by atoms with van der Waals surface area (Å²) < 4.78 is 0. The van der Waals surface area contributed by atoms with Crippen LogP contribution >= 0.6 is 0 Å². The third-order valence-electron chi connectivity index (χ3n) is 3.57. The van der Waals surface area contributed by atoms with E-state index in [1.54, 1.807) is 19.0 Å². The number of amides is 2. The largest absolute Gasteiger partial charge is 0.355 e. The quantitative estimate of drug-likeness (QED) is 0.671. The van der Waals surface area contributed by atoms with Crippen molar-refractivity contribution in [1.29, 1.82) is 0 Å². The van der Waals surface area contributed by atoms with E-state index >= 15 is 0 Å². The van der Waals surface area contributed by atoms with Crippen LogP contribution in [0, 0.1) is 0 Å². The van der Waals surface area contributed by atoms with E-state index in [9.17, 15) is 9.59 Å². The van der Waals surface area contributed by atoms with Gasteiger partial charge in [-0.1, -0.05) is 6.92 Å². The number of hydrogen-bond acceptors (Lipinski definition) is 4. The molecule has 2 amide bonds. The topological polar surface area (TPSA) is 64.7 Å². The Labute approximate surface area is 121 Å². The molecule has 6 heteroatoms. The number of carbonyl (C=O) groups excluding carboxylic acids is 2. The lowest BCUT2D eigenvalue weighted by Crippen LogP contribution is -2.47. The van der Waals surface area contributed by atoms with E-state index in [0.717, 1.165) is 38.9 Å². The molecule has 0 aliphatic carbocycles. The number of hydrogen-bond donors (Lipinski definition) is 2. The molecular weight excluding hydrogens is 256 g/mol. The first-order valence-electron chi connectivity index (χ1n) is 7.45. The highest BCUT2D eigenvalue weighted by molar-refractivity contribution is 5.78. The van der Waals surface area contributed by atoms with Gasteiger partial charge >= 0.3 is 0 Å². The van der Waals surface area contributed by atoms with Gasteiger partial charge in [-0.05, 0) is 19.3 Å². The van der Waals surface area contributed by atoms with Gasteiger partial charge in [-0.25, -0.2) is 0 Å². The average molecular weight is 284 g/mol. The molecule has 20 heavy (non-hydrogen) atoms. The molecule has 1 fully saturated rings. The first-order chi connectivity index (χ1) is 9.52. The van der Waals surface area contributed by atoms with Gasteiger partial charge in [0.05, 0.1) is 13.1 Å². The van der Waals surface area contributed by atoms with Crippen LogP contribution in [-0.4, -0.2) is 74.5 Å². The van der Waals surface area contributed by atoms with Crippen LogP contribution in [0.15, 0.2) is 0 Å². The van der Waals surface area contributed by atoms with Gasteiger partial charge in [0, 0.05) is 39.8 Å². The lowest BCUT2D eigenvalue weighted by atomic mass is 10.1. The fraction of sp³-hybridized carbons (Fsp3) is 0.857. The second-order valence-electron chi connectivity index (χ2n) is 5.57. The Morgan fingerprint density at radius 3 is 2.45 bits per heavy atom. The fourth-order valence-electron chi connectivity index (χ4n) is 2.19. The van der Waals surface area contributed by atoms with E-state index < -0.39 is 0 Å². The SMILES string of the molecule is CCCNC(=O)CNC1CCN(CC(=O)N(C)C)CC1. The molecule has 1 aliphatic rings. The van der Waals surface area contributed by atoms with Gasteiger partial charge in [0.25, 0.3) is 0 Å². The normalized spacial score (nSPS) is 16.9. The lowest BCUT2D eigenvalue weighted by molar-refractivity contribution is -0.130. The minimum atomic E-state index is 0.0667.